The second-order valence-electron chi connectivity index (χ2n) is 6.34. The van der Waals surface area contributed by atoms with Gasteiger partial charge in [-0.3, -0.25) is 14.5 Å². The average molecular weight is 435 g/mol. The van der Waals surface area contributed by atoms with E-state index in [0.29, 0.717) is 10.7 Å². The molecule has 2 heterocycles. The summed E-state index contributed by atoms with van der Waals surface area (Å²) in [5.41, 5.74) is 1.22. The normalized spacial score (nSPS) is 15.0. The van der Waals surface area contributed by atoms with E-state index in [4.69, 9.17) is 11.6 Å². The van der Waals surface area contributed by atoms with E-state index < -0.39 is 10.0 Å². The highest BCUT2D eigenvalue weighted by Gasteiger charge is 2.30. The molecule has 1 aliphatic rings. The molecule has 1 aliphatic heterocycles. The summed E-state index contributed by atoms with van der Waals surface area (Å²) in [5.74, 6) is -0.552. The maximum absolute atomic E-state index is 12.6. The Bertz CT molecular complexity index is 1170. The van der Waals surface area contributed by atoms with Crippen molar-refractivity contribution in [2.45, 2.75) is 24.3 Å². The second-order valence-corrected chi connectivity index (χ2v) is 9.46. The van der Waals surface area contributed by atoms with Crippen LogP contribution in [0.15, 0.2) is 52.7 Å². The lowest BCUT2D eigenvalue weighted by molar-refractivity contribution is -0.121. The Hall–Kier alpha value is -2.26. The molecule has 0 aliphatic carbocycles. The number of thiophene rings is 1. The maximum atomic E-state index is 12.6. The van der Waals surface area contributed by atoms with Crippen LogP contribution in [0.4, 0.5) is 5.69 Å². The van der Waals surface area contributed by atoms with Gasteiger partial charge >= 0.3 is 0 Å². The van der Waals surface area contributed by atoms with Crippen molar-refractivity contribution in [3.63, 3.8) is 0 Å². The summed E-state index contributed by atoms with van der Waals surface area (Å²) in [6.07, 6.45) is 0.359. The van der Waals surface area contributed by atoms with Crippen molar-refractivity contribution in [2.24, 2.45) is 0 Å². The molecule has 1 saturated heterocycles. The summed E-state index contributed by atoms with van der Waals surface area (Å²) in [6.45, 7) is 0.132. The van der Waals surface area contributed by atoms with Crippen molar-refractivity contribution in [3.8, 4) is 0 Å². The quantitative estimate of drug-likeness (QED) is 0.621. The molecule has 0 unspecified atom stereocenters. The number of benzene rings is 2. The van der Waals surface area contributed by atoms with Gasteiger partial charge in [-0.25, -0.2) is 13.1 Å². The molecule has 1 N–H and O–H groups in total. The number of carbonyl (C=O) groups is 2. The zero-order valence-corrected chi connectivity index (χ0v) is 16.9. The predicted molar refractivity (Wildman–Crippen MR) is 109 cm³/mol. The van der Waals surface area contributed by atoms with E-state index in [0.717, 1.165) is 20.5 Å². The summed E-state index contributed by atoms with van der Waals surface area (Å²) >= 11 is 7.56. The number of halogens is 1. The van der Waals surface area contributed by atoms with E-state index in [9.17, 15) is 18.0 Å². The standard InChI is InChI=1S/C19H15ClN2O4S2/c20-13-1-6-17-16(9-13)12(11-27-17)10-21-28(25,26)15-4-2-14(3-5-15)22-18(23)7-8-19(22)24/h1-6,9,11,21H,7-8,10H2. The van der Waals surface area contributed by atoms with Gasteiger partial charge in [0.25, 0.3) is 0 Å². The first kappa shape index (κ1) is 19.1. The number of hydrogen-bond acceptors (Lipinski definition) is 5. The van der Waals surface area contributed by atoms with Gasteiger partial charge < -0.3 is 0 Å². The van der Waals surface area contributed by atoms with Crippen LogP contribution in [0.1, 0.15) is 18.4 Å². The van der Waals surface area contributed by atoms with Gasteiger partial charge in [0, 0.05) is 29.1 Å². The number of hydrogen-bond donors (Lipinski definition) is 1. The molecule has 0 saturated carbocycles. The largest absolute Gasteiger partial charge is 0.274 e. The molecule has 3 aromatic rings. The van der Waals surface area contributed by atoms with Crippen LogP contribution in [0.25, 0.3) is 10.1 Å². The van der Waals surface area contributed by atoms with Gasteiger partial charge in [0.05, 0.1) is 10.6 Å². The Morgan fingerprint density at radius 2 is 1.71 bits per heavy atom. The first-order valence-electron chi connectivity index (χ1n) is 8.46. The number of nitrogens with one attached hydrogen (secondary N) is 1. The number of imide groups is 1. The van der Waals surface area contributed by atoms with Crippen molar-refractivity contribution >= 4 is 60.5 Å². The molecule has 9 heteroatoms. The van der Waals surface area contributed by atoms with E-state index in [1.54, 1.807) is 6.07 Å². The van der Waals surface area contributed by atoms with Crippen LogP contribution in [0.3, 0.4) is 0 Å². The van der Waals surface area contributed by atoms with Crippen LogP contribution in [0, 0.1) is 0 Å². The monoisotopic (exact) mass is 434 g/mol. The molecule has 1 aromatic heterocycles. The van der Waals surface area contributed by atoms with Crippen molar-refractivity contribution < 1.29 is 18.0 Å². The van der Waals surface area contributed by atoms with Crippen molar-refractivity contribution in [2.75, 3.05) is 4.90 Å². The Balaban J connectivity index is 1.52. The zero-order chi connectivity index (χ0) is 19.9. The highest BCUT2D eigenvalue weighted by atomic mass is 35.5. The summed E-state index contributed by atoms with van der Waals surface area (Å²) in [4.78, 5) is 24.7. The van der Waals surface area contributed by atoms with Crippen molar-refractivity contribution in [1.29, 1.82) is 0 Å². The minimum atomic E-state index is -3.75. The third-order valence-corrected chi connectivity index (χ3v) is 7.19. The summed E-state index contributed by atoms with van der Waals surface area (Å²) in [5, 5.41) is 3.41. The second kappa shape index (κ2) is 7.29. The van der Waals surface area contributed by atoms with Gasteiger partial charge in [-0.2, -0.15) is 0 Å². The third kappa shape index (κ3) is 3.56. The third-order valence-electron chi connectivity index (χ3n) is 4.53. The number of amides is 2. The molecule has 0 bridgehead atoms. The van der Waals surface area contributed by atoms with Crippen LogP contribution < -0.4 is 9.62 Å². The molecule has 144 valence electrons. The Kier molecular flexibility index (Phi) is 4.96. The molecule has 2 aromatic carbocycles. The minimum absolute atomic E-state index is 0.0629. The lowest BCUT2D eigenvalue weighted by Crippen LogP contribution is -2.28. The van der Waals surface area contributed by atoms with E-state index in [2.05, 4.69) is 4.72 Å². The molecule has 28 heavy (non-hydrogen) atoms. The van der Waals surface area contributed by atoms with Crippen LogP contribution >= 0.6 is 22.9 Å². The number of nitrogens with zero attached hydrogens (tertiary/aromatic N) is 1. The van der Waals surface area contributed by atoms with Crippen molar-refractivity contribution in [3.05, 3.63) is 58.4 Å². The predicted octanol–water partition coefficient (Wildman–Crippen LogP) is 3.69. The number of sulfonamides is 1. The van der Waals surface area contributed by atoms with E-state index in [1.165, 1.54) is 35.6 Å². The zero-order valence-electron chi connectivity index (χ0n) is 14.5. The Morgan fingerprint density at radius 3 is 2.39 bits per heavy atom. The SMILES string of the molecule is O=C1CCC(=O)N1c1ccc(S(=O)(=O)NCc2csc3ccc(Cl)cc23)cc1. The van der Waals surface area contributed by atoms with Crippen LogP contribution in [-0.2, 0) is 26.2 Å². The Labute approximate surface area is 170 Å². The van der Waals surface area contributed by atoms with Gasteiger partial charge in [-0.05, 0) is 58.8 Å². The van der Waals surface area contributed by atoms with Crippen LogP contribution in [0.5, 0.6) is 0 Å². The molecule has 0 spiro atoms. The summed E-state index contributed by atoms with van der Waals surface area (Å²) in [7, 11) is -3.75. The van der Waals surface area contributed by atoms with Crippen LogP contribution in [-0.4, -0.2) is 20.2 Å². The highest BCUT2D eigenvalue weighted by molar-refractivity contribution is 7.89. The van der Waals surface area contributed by atoms with Gasteiger partial charge in [0.15, 0.2) is 0 Å². The lowest BCUT2D eigenvalue weighted by Gasteiger charge is -2.14. The van der Waals surface area contributed by atoms with Crippen molar-refractivity contribution in [1.82, 2.24) is 4.72 Å². The van der Waals surface area contributed by atoms with Gasteiger partial charge in [0.1, 0.15) is 0 Å². The number of anilines is 1. The fraction of sp³-hybridized carbons (Fsp3) is 0.158. The summed E-state index contributed by atoms with van der Waals surface area (Å²) in [6, 6.07) is 11.2. The molecule has 4 rings (SSSR count). The average Bonchev–Trinajstić information content (AvgIpc) is 3.22. The minimum Gasteiger partial charge on any atom is -0.274 e. The molecular weight excluding hydrogens is 420 g/mol. The van der Waals surface area contributed by atoms with Gasteiger partial charge in [-0.1, -0.05) is 11.6 Å². The highest BCUT2D eigenvalue weighted by Crippen LogP contribution is 2.29. The lowest BCUT2D eigenvalue weighted by atomic mass is 10.2. The van der Waals surface area contributed by atoms with Gasteiger partial charge in [0.2, 0.25) is 21.8 Å². The number of rotatable bonds is 5. The molecule has 2 amide bonds. The molecule has 0 atom stereocenters. The molecule has 6 nitrogen and oxygen atoms in total. The van der Waals surface area contributed by atoms with E-state index >= 15 is 0 Å². The van der Waals surface area contributed by atoms with Crippen LogP contribution in [0.2, 0.25) is 5.02 Å². The smallest absolute Gasteiger partial charge is 0.240 e. The topological polar surface area (TPSA) is 83.6 Å². The number of fused-ring (bicyclic) bond motifs is 1. The molecule has 1 fully saturated rings. The van der Waals surface area contributed by atoms with E-state index in [-0.39, 0.29) is 36.1 Å². The van der Waals surface area contributed by atoms with Gasteiger partial charge in [-0.15, -0.1) is 11.3 Å². The first-order valence-corrected chi connectivity index (χ1v) is 11.2. The maximum Gasteiger partial charge on any atom is 0.240 e. The first-order chi connectivity index (χ1) is 13.3. The Morgan fingerprint density at radius 1 is 1.04 bits per heavy atom. The fourth-order valence-electron chi connectivity index (χ4n) is 3.09. The van der Waals surface area contributed by atoms with E-state index in [1.807, 2.05) is 17.5 Å². The molecular formula is C19H15ClN2O4S2. The summed E-state index contributed by atoms with van der Waals surface area (Å²) < 4.78 is 28.8. The fourth-order valence-corrected chi connectivity index (χ4v) is 5.21. The number of carbonyl (C=O) groups excluding carboxylic acids is 2. The molecule has 0 radical (unpaired) electrons.